The predicted molar refractivity (Wildman–Crippen MR) is 261 cm³/mol. The monoisotopic (exact) mass is 934 g/mol. The highest BCUT2D eigenvalue weighted by Gasteiger charge is 2.33. The maximum atomic E-state index is 14.6. The number of imidazole rings is 1. The van der Waals surface area contributed by atoms with Gasteiger partial charge in [-0.1, -0.05) is 11.8 Å². The molecule has 68 heavy (non-hydrogen) atoms. The van der Waals surface area contributed by atoms with E-state index < -0.39 is 18.4 Å². The molecule has 0 bridgehead atoms. The Kier molecular flexibility index (Phi) is 15.2. The van der Waals surface area contributed by atoms with Crippen molar-refractivity contribution in [1.82, 2.24) is 39.8 Å². The van der Waals surface area contributed by atoms with Crippen molar-refractivity contribution in [3.05, 3.63) is 80.5 Å². The molecule has 0 saturated carbocycles. The minimum Gasteiger partial charge on any atom is -0.393 e. The molecule has 0 spiro atoms. The number of halogens is 2. The van der Waals surface area contributed by atoms with E-state index in [1.165, 1.54) is 10.6 Å². The molecule has 3 aromatic rings. The number of amidine groups is 1. The molecule has 5 N–H and O–H groups in total. The van der Waals surface area contributed by atoms with Crippen molar-refractivity contribution < 1.29 is 23.2 Å². The van der Waals surface area contributed by atoms with Crippen LogP contribution in [0.4, 0.5) is 14.5 Å². The Balaban J connectivity index is 0.806. The Bertz CT molecular complexity index is 2620. The number of carbonyl (C=O) groups excluding carboxylic acids is 3. The van der Waals surface area contributed by atoms with Gasteiger partial charge in [0.05, 0.1) is 17.6 Å². The summed E-state index contributed by atoms with van der Waals surface area (Å²) >= 11 is 0. The van der Waals surface area contributed by atoms with Gasteiger partial charge in [-0.25, -0.2) is 13.6 Å². The lowest BCUT2D eigenvalue weighted by Crippen LogP contribution is -2.48. The number of aromatic nitrogens is 2. The average molecular weight is 934 g/mol. The number of likely N-dealkylation sites (tertiary alicyclic amines) is 2. The number of piperidine rings is 3. The number of hydrogen-bond acceptors (Lipinski definition) is 10. The fourth-order valence-electron chi connectivity index (χ4n) is 10.6. The van der Waals surface area contributed by atoms with Crippen LogP contribution in [-0.4, -0.2) is 126 Å². The van der Waals surface area contributed by atoms with Crippen LogP contribution in [0.5, 0.6) is 0 Å². The van der Waals surface area contributed by atoms with E-state index in [0.29, 0.717) is 72.7 Å². The molecule has 362 valence electrons. The van der Waals surface area contributed by atoms with Crippen molar-refractivity contribution in [2.24, 2.45) is 13.0 Å². The summed E-state index contributed by atoms with van der Waals surface area (Å²) in [5.41, 5.74) is 5.58. The summed E-state index contributed by atoms with van der Waals surface area (Å²) in [4.78, 5) is 58.7. The van der Waals surface area contributed by atoms with Gasteiger partial charge >= 0.3 is 5.69 Å². The number of imide groups is 1. The highest BCUT2D eigenvalue weighted by Crippen LogP contribution is 2.38. The number of amides is 3. The highest BCUT2D eigenvalue weighted by molar-refractivity contribution is 6.11. The van der Waals surface area contributed by atoms with Crippen LogP contribution in [0.15, 0.2) is 52.6 Å². The van der Waals surface area contributed by atoms with Crippen molar-refractivity contribution in [3.63, 3.8) is 0 Å². The summed E-state index contributed by atoms with van der Waals surface area (Å²) in [6.07, 6.45) is 8.62. The van der Waals surface area contributed by atoms with Gasteiger partial charge in [-0.15, -0.1) is 0 Å². The van der Waals surface area contributed by atoms with Crippen molar-refractivity contribution in [2.45, 2.75) is 96.1 Å². The second kappa shape index (κ2) is 21.5. The first-order valence-corrected chi connectivity index (χ1v) is 24.3. The Morgan fingerprint density at radius 3 is 2.31 bits per heavy atom. The second-order valence-electron chi connectivity index (χ2n) is 18.9. The number of nitrogens with zero attached hydrogens (tertiary/aromatic N) is 6. The van der Waals surface area contributed by atoms with E-state index in [9.17, 15) is 33.4 Å². The van der Waals surface area contributed by atoms with E-state index in [4.69, 9.17) is 5.41 Å². The van der Waals surface area contributed by atoms with Crippen LogP contribution in [-0.2, 0) is 27.9 Å². The van der Waals surface area contributed by atoms with Crippen LogP contribution < -0.4 is 26.5 Å². The summed E-state index contributed by atoms with van der Waals surface area (Å²) in [5.74, 6) is 6.56. The number of carbonyl (C=O) groups is 3. The van der Waals surface area contributed by atoms with Crippen LogP contribution in [0.3, 0.4) is 0 Å². The zero-order valence-electron chi connectivity index (χ0n) is 39.6. The van der Waals surface area contributed by atoms with Crippen LogP contribution in [0.2, 0.25) is 0 Å². The second-order valence-corrected chi connectivity index (χ2v) is 18.9. The van der Waals surface area contributed by atoms with Gasteiger partial charge in [0.2, 0.25) is 17.7 Å². The molecular formula is C51H65F2N11O4. The summed E-state index contributed by atoms with van der Waals surface area (Å²) in [7, 11) is 3.37. The maximum absolute atomic E-state index is 14.6. The molecule has 5 aliphatic heterocycles. The standard InChI is InChI=1S/C51H65F2N11O4/c1-33(65)62-26-18-42(41(32-62)49(55)63-21-6-7-36-28-39(37(30-54)31-56-2)40(48(52)53)29-45(36)63)57-38-16-24-61(25-17-38)20-5-4-19-60-22-14-34(15-23-60)8-9-35-10-11-43-46(27-35)59(3)51(68)64(43)44-12-13-47(66)58-50(44)67/h10-11,27-31,34,38,44,48,54-57H,4-7,12-26,32H2,1-3H3,(H,58,66,67)/b37-31+,54-30?,55-49?. The zero-order chi connectivity index (χ0) is 48.1. The average Bonchev–Trinajstić information content (AvgIpc) is 3.58. The normalized spacial score (nSPS) is 20.3. The van der Waals surface area contributed by atoms with E-state index in [1.54, 1.807) is 42.8 Å². The molecule has 0 radical (unpaired) electrons. The smallest absolute Gasteiger partial charge is 0.329 e. The first-order valence-electron chi connectivity index (χ1n) is 24.3. The van der Waals surface area contributed by atoms with E-state index in [1.807, 2.05) is 23.1 Å². The van der Waals surface area contributed by atoms with Gasteiger partial charge in [0.15, 0.2) is 0 Å². The number of fused-ring (bicyclic) bond motifs is 2. The number of nitrogens with one attached hydrogen (secondary N) is 5. The van der Waals surface area contributed by atoms with Crippen LogP contribution in [0.1, 0.15) is 106 Å². The van der Waals surface area contributed by atoms with Crippen molar-refractivity contribution in [2.75, 3.05) is 70.9 Å². The number of alkyl halides is 2. The van der Waals surface area contributed by atoms with Gasteiger partial charge < -0.3 is 35.6 Å². The molecule has 8 rings (SSSR count). The first-order chi connectivity index (χ1) is 32.8. The summed E-state index contributed by atoms with van der Waals surface area (Å²) in [6.45, 7) is 9.02. The van der Waals surface area contributed by atoms with Crippen molar-refractivity contribution in [1.29, 1.82) is 10.8 Å². The lowest BCUT2D eigenvalue weighted by molar-refractivity contribution is -0.135. The lowest BCUT2D eigenvalue weighted by atomic mass is 9.91. The van der Waals surface area contributed by atoms with Crippen molar-refractivity contribution >= 4 is 52.1 Å². The number of aryl methyl sites for hydroxylation is 2. The van der Waals surface area contributed by atoms with Gasteiger partial charge in [0.25, 0.3) is 6.43 Å². The molecule has 6 heterocycles. The van der Waals surface area contributed by atoms with E-state index in [2.05, 4.69) is 37.6 Å². The van der Waals surface area contributed by atoms with Gasteiger partial charge in [-0.05, 0) is 125 Å². The molecule has 0 aliphatic carbocycles. The largest absolute Gasteiger partial charge is 0.393 e. The van der Waals surface area contributed by atoms with Crippen LogP contribution in [0, 0.1) is 28.6 Å². The number of rotatable bonds is 13. The Morgan fingerprint density at radius 2 is 1.65 bits per heavy atom. The Morgan fingerprint density at radius 1 is 0.926 bits per heavy atom. The Hall–Kier alpha value is -6.12. The van der Waals surface area contributed by atoms with Crippen LogP contribution in [0.25, 0.3) is 16.6 Å². The fraction of sp³-hybridized carbons (Fsp3) is 0.529. The van der Waals surface area contributed by atoms with Gasteiger partial charge in [0, 0.05) is 118 Å². The van der Waals surface area contributed by atoms with E-state index in [-0.39, 0.29) is 41.4 Å². The summed E-state index contributed by atoms with van der Waals surface area (Å²) < 4.78 is 32.1. The quantitative estimate of drug-likeness (QED) is 0.0501. The van der Waals surface area contributed by atoms with Gasteiger partial charge in [-0.2, -0.15) is 0 Å². The van der Waals surface area contributed by atoms with E-state index in [0.717, 1.165) is 113 Å². The molecule has 2 aromatic carbocycles. The molecule has 17 heteroatoms. The molecule has 15 nitrogen and oxygen atoms in total. The van der Waals surface area contributed by atoms with Gasteiger partial charge in [0.1, 0.15) is 11.9 Å². The van der Waals surface area contributed by atoms with Crippen molar-refractivity contribution in [3.8, 4) is 11.8 Å². The van der Waals surface area contributed by atoms with E-state index >= 15 is 0 Å². The molecule has 5 aliphatic rings. The Labute approximate surface area is 397 Å². The first kappa shape index (κ1) is 48.3. The number of allylic oxidation sites excluding steroid dienone is 1. The molecule has 1 aromatic heterocycles. The molecule has 3 amide bonds. The molecule has 1 atom stereocenters. The number of hydrogen-bond donors (Lipinski definition) is 5. The topological polar surface area (TPSA) is 175 Å². The van der Waals surface area contributed by atoms with Gasteiger partial charge in [-0.3, -0.25) is 34.2 Å². The highest BCUT2D eigenvalue weighted by atomic mass is 19.3. The maximum Gasteiger partial charge on any atom is 0.329 e. The third-order valence-corrected chi connectivity index (χ3v) is 14.5. The van der Waals surface area contributed by atoms with Crippen LogP contribution >= 0.6 is 0 Å². The third-order valence-electron chi connectivity index (χ3n) is 14.5. The third kappa shape index (κ3) is 10.6. The molecule has 1 unspecified atom stereocenters. The zero-order valence-corrected chi connectivity index (χ0v) is 39.6. The molecular weight excluding hydrogens is 869 g/mol. The predicted octanol–water partition coefficient (Wildman–Crippen LogP) is 5.30. The summed E-state index contributed by atoms with van der Waals surface area (Å²) in [5, 5.41) is 26.4. The SMILES string of the molecule is CN/C=C(\C=N)c1cc2c(cc1C(F)F)N(C(=N)C1=C(NC3CCN(CCCCN4CCC(C#Cc5ccc6c(c5)n(C)c(=O)n6C5CCC(=O)NC5=O)CC4)CC3)CCN(C(C)=O)C1)CCC2. The fourth-order valence-corrected chi connectivity index (χ4v) is 10.6. The number of benzene rings is 2. The summed E-state index contributed by atoms with van der Waals surface area (Å²) in [6, 6.07) is 8.43. The number of anilines is 1. The number of unbranched alkanes of at least 4 members (excludes halogenated alkanes) is 1. The molecule has 3 fully saturated rings. The lowest BCUT2D eigenvalue weighted by Gasteiger charge is -2.39. The minimum absolute atomic E-state index is 0.0541. The molecule has 3 saturated heterocycles. The minimum atomic E-state index is -2.76.